The molecule has 0 aliphatic rings. The quantitative estimate of drug-likeness (QED) is 0.654. The van der Waals surface area contributed by atoms with Crippen LogP contribution in [-0.4, -0.2) is 30.1 Å². The first-order chi connectivity index (χ1) is 12.3. The highest BCUT2D eigenvalue weighted by Crippen LogP contribution is 2.22. The summed E-state index contributed by atoms with van der Waals surface area (Å²) >= 11 is 6.15. The molecule has 0 saturated carbocycles. The van der Waals surface area contributed by atoms with Crippen LogP contribution in [0.1, 0.15) is 32.8 Å². The molecule has 26 heavy (non-hydrogen) atoms. The van der Waals surface area contributed by atoms with Crippen LogP contribution in [0.5, 0.6) is 11.5 Å². The van der Waals surface area contributed by atoms with Crippen molar-refractivity contribution in [1.29, 1.82) is 0 Å². The summed E-state index contributed by atoms with van der Waals surface area (Å²) < 4.78 is 17.6. The molecule has 0 spiro atoms. The molecule has 142 valence electrons. The third-order valence-electron chi connectivity index (χ3n) is 3.60. The maximum Gasteiger partial charge on any atom is 0.289 e. The molecule has 2 rings (SSSR count). The first-order valence-electron chi connectivity index (χ1n) is 8.44. The van der Waals surface area contributed by atoms with Crippen molar-refractivity contribution >= 4 is 11.6 Å². The molecule has 0 amide bonds. The topological polar surface area (TPSA) is 62.6 Å². The number of aromatic nitrogens is 2. The van der Waals surface area contributed by atoms with E-state index in [1.54, 1.807) is 7.11 Å². The first kappa shape index (κ1) is 20.3. The van der Waals surface area contributed by atoms with E-state index in [1.165, 1.54) is 10.9 Å². The van der Waals surface area contributed by atoms with Crippen LogP contribution >= 0.6 is 11.6 Å². The molecule has 0 bridgehead atoms. The fourth-order valence-electron chi connectivity index (χ4n) is 2.23. The second-order valence-corrected chi connectivity index (χ2v) is 7.22. The number of hydrogen-bond donors (Lipinski definition) is 0. The van der Waals surface area contributed by atoms with Crippen LogP contribution in [0, 0.1) is 0 Å². The van der Waals surface area contributed by atoms with Crippen molar-refractivity contribution in [2.45, 2.75) is 39.3 Å². The van der Waals surface area contributed by atoms with E-state index in [0.29, 0.717) is 13.2 Å². The van der Waals surface area contributed by atoms with E-state index in [1.807, 2.05) is 45.0 Å². The highest BCUT2D eigenvalue weighted by molar-refractivity contribution is 6.31. The molecule has 2 aromatic rings. The SMILES string of the molecule is COCCCOc1ccc(COc2cnn(C(C)(C)C)c(=O)c2Cl)cc1. The molecule has 7 heteroatoms. The van der Waals surface area contributed by atoms with Gasteiger partial charge in [0, 0.05) is 20.1 Å². The summed E-state index contributed by atoms with van der Waals surface area (Å²) in [6, 6.07) is 7.57. The first-order valence-corrected chi connectivity index (χ1v) is 8.82. The van der Waals surface area contributed by atoms with Gasteiger partial charge in [-0.2, -0.15) is 5.10 Å². The van der Waals surface area contributed by atoms with E-state index in [2.05, 4.69) is 5.10 Å². The third-order valence-corrected chi connectivity index (χ3v) is 3.95. The van der Waals surface area contributed by atoms with Gasteiger partial charge in [0.2, 0.25) is 0 Å². The fourth-order valence-corrected chi connectivity index (χ4v) is 2.42. The lowest BCUT2D eigenvalue weighted by Gasteiger charge is -2.21. The minimum Gasteiger partial charge on any atom is -0.494 e. The van der Waals surface area contributed by atoms with Gasteiger partial charge in [0.05, 0.1) is 18.3 Å². The smallest absolute Gasteiger partial charge is 0.289 e. The van der Waals surface area contributed by atoms with Gasteiger partial charge in [0.25, 0.3) is 5.56 Å². The van der Waals surface area contributed by atoms with Crippen molar-refractivity contribution in [3.05, 3.63) is 51.4 Å². The Kier molecular flexibility index (Phi) is 7.06. The van der Waals surface area contributed by atoms with Crippen LogP contribution in [0.25, 0.3) is 0 Å². The van der Waals surface area contributed by atoms with E-state index in [-0.39, 0.29) is 22.9 Å². The summed E-state index contributed by atoms with van der Waals surface area (Å²) in [7, 11) is 1.67. The van der Waals surface area contributed by atoms with Crippen LogP contribution in [0.4, 0.5) is 0 Å². The molecule has 0 saturated heterocycles. The Balaban J connectivity index is 1.97. The molecule has 0 N–H and O–H groups in total. The molecule has 6 nitrogen and oxygen atoms in total. The van der Waals surface area contributed by atoms with Gasteiger partial charge in [-0.05, 0) is 38.5 Å². The molecule has 0 aliphatic heterocycles. The van der Waals surface area contributed by atoms with Crippen molar-refractivity contribution in [2.24, 2.45) is 0 Å². The Morgan fingerprint density at radius 1 is 1.12 bits per heavy atom. The zero-order valence-corrected chi connectivity index (χ0v) is 16.4. The van der Waals surface area contributed by atoms with Gasteiger partial charge in [-0.25, -0.2) is 4.68 Å². The van der Waals surface area contributed by atoms with Crippen LogP contribution in [-0.2, 0) is 16.9 Å². The van der Waals surface area contributed by atoms with Gasteiger partial charge >= 0.3 is 0 Å². The van der Waals surface area contributed by atoms with Crippen LogP contribution in [0.15, 0.2) is 35.3 Å². The Bertz CT molecular complexity index is 767. The minimum atomic E-state index is -0.446. The highest BCUT2D eigenvalue weighted by Gasteiger charge is 2.19. The van der Waals surface area contributed by atoms with Crippen molar-refractivity contribution in [1.82, 2.24) is 9.78 Å². The highest BCUT2D eigenvalue weighted by atomic mass is 35.5. The van der Waals surface area contributed by atoms with E-state index >= 15 is 0 Å². The van der Waals surface area contributed by atoms with E-state index in [9.17, 15) is 4.79 Å². The summed E-state index contributed by atoms with van der Waals surface area (Å²) in [5, 5.41) is 4.19. The lowest BCUT2D eigenvalue weighted by Crippen LogP contribution is -2.36. The van der Waals surface area contributed by atoms with Crippen LogP contribution in [0.3, 0.4) is 0 Å². The molecule has 0 aliphatic carbocycles. The molecular weight excluding hydrogens is 356 g/mol. The summed E-state index contributed by atoms with van der Waals surface area (Å²) in [6.07, 6.45) is 2.31. The maximum atomic E-state index is 12.3. The molecule has 0 radical (unpaired) electrons. The van der Waals surface area contributed by atoms with Gasteiger partial charge < -0.3 is 14.2 Å². The van der Waals surface area contributed by atoms with Gasteiger partial charge in [-0.15, -0.1) is 0 Å². The van der Waals surface area contributed by atoms with Crippen LogP contribution < -0.4 is 15.0 Å². The number of benzene rings is 1. The van der Waals surface area contributed by atoms with Crippen LogP contribution in [0.2, 0.25) is 5.02 Å². The monoisotopic (exact) mass is 380 g/mol. The summed E-state index contributed by atoms with van der Waals surface area (Å²) in [4.78, 5) is 12.3. The van der Waals surface area contributed by atoms with Gasteiger partial charge in [-0.1, -0.05) is 23.7 Å². The molecule has 1 aromatic carbocycles. The molecule has 1 heterocycles. The predicted molar refractivity (Wildman–Crippen MR) is 101 cm³/mol. The molecule has 1 aromatic heterocycles. The molecular formula is C19H25ClN2O4. The van der Waals surface area contributed by atoms with Gasteiger partial charge in [0.15, 0.2) is 10.8 Å². The standard InChI is InChI=1S/C19H25ClN2O4/c1-19(2,3)22-18(23)17(20)16(12-21-22)26-13-14-6-8-15(9-7-14)25-11-5-10-24-4/h6-9,12H,5,10-11,13H2,1-4H3. The second kappa shape index (κ2) is 9.05. The summed E-state index contributed by atoms with van der Waals surface area (Å²) in [5.41, 5.74) is 0.125. The molecule has 0 unspecified atom stereocenters. The Labute approximate surface area is 158 Å². The van der Waals surface area contributed by atoms with Gasteiger partial charge in [0.1, 0.15) is 12.4 Å². The number of nitrogens with zero attached hydrogens (tertiary/aromatic N) is 2. The lowest BCUT2D eigenvalue weighted by atomic mass is 10.1. The van der Waals surface area contributed by atoms with E-state index in [4.69, 9.17) is 25.8 Å². The van der Waals surface area contributed by atoms with Crippen molar-refractivity contribution in [3.8, 4) is 11.5 Å². The Morgan fingerprint density at radius 2 is 1.81 bits per heavy atom. The summed E-state index contributed by atoms with van der Waals surface area (Å²) in [6.45, 7) is 7.22. The van der Waals surface area contributed by atoms with Crippen molar-refractivity contribution < 1.29 is 14.2 Å². The average molecular weight is 381 g/mol. The van der Waals surface area contributed by atoms with Crippen molar-refractivity contribution in [2.75, 3.05) is 20.3 Å². The fraction of sp³-hybridized carbons (Fsp3) is 0.474. The zero-order valence-electron chi connectivity index (χ0n) is 15.6. The number of rotatable bonds is 8. The number of halogens is 1. The number of ether oxygens (including phenoxy) is 3. The third kappa shape index (κ3) is 5.47. The largest absolute Gasteiger partial charge is 0.494 e. The summed E-state index contributed by atoms with van der Waals surface area (Å²) in [5.74, 6) is 1.06. The predicted octanol–water partition coefficient (Wildman–Crippen LogP) is 3.65. The normalized spacial score (nSPS) is 11.4. The maximum absolute atomic E-state index is 12.3. The molecule has 0 fully saturated rings. The Hall–Kier alpha value is -2.05. The van der Waals surface area contributed by atoms with E-state index in [0.717, 1.165) is 17.7 Å². The van der Waals surface area contributed by atoms with E-state index < -0.39 is 5.54 Å². The average Bonchev–Trinajstić information content (AvgIpc) is 2.60. The minimum absolute atomic E-state index is 0.0352. The number of methoxy groups -OCH3 is 1. The zero-order chi connectivity index (χ0) is 19.2. The molecule has 0 atom stereocenters. The van der Waals surface area contributed by atoms with Gasteiger partial charge in [-0.3, -0.25) is 4.79 Å². The van der Waals surface area contributed by atoms with Crippen molar-refractivity contribution in [3.63, 3.8) is 0 Å². The number of hydrogen-bond acceptors (Lipinski definition) is 5. The second-order valence-electron chi connectivity index (χ2n) is 6.84. The lowest BCUT2D eigenvalue weighted by molar-refractivity contribution is 0.172. The Morgan fingerprint density at radius 3 is 2.42 bits per heavy atom.